The van der Waals surface area contributed by atoms with E-state index >= 15 is 0 Å². The second-order valence-corrected chi connectivity index (χ2v) is 4.30. The van der Waals surface area contributed by atoms with E-state index in [0.29, 0.717) is 6.61 Å². The smallest absolute Gasteiger partial charge is 0.273 e. The molecule has 0 saturated carbocycles. The number of carbonyl (C=O) groups is 2. The van der Waals surface area contributed by atoms with E-state index in [1.54, 1.807) is 0 Å². The van der Waals surface area contributed by atoms with E-state index in [1.165, 1.54) is 21.0 Å². The van der Waals surface area contributed by atoms with Gasteiger partial charge in [-0.2, -0.15) is 0 Å². The second-order valence-electron chi connectivity index (χ2n) is 4.30. The SMILES string of the molecule is CNC(=O)[C@](C)(NC)C(=O)NOC1CCCCO1. The summed E-state index contributed by atoms with van der Waals surface area (Å²) in [5.41, 5.74) is 0.900. The lowest BCUT2D eigenvalue weighted by atomic mass is 10.0. The first kappa shape index (κ1) is 14.9. The lowest BCUT2D eigenvalue weighted by molar-refractivity contribution is -0.203. The summed E-state index contributed by atoms with van der Waals surface area (Å²) in [6.07, 6.45) is 2.30. The molecule has 1 unspecified atom stereocenters. The maximum Gasteiger partial charge on any atom is 0.273 e. The van der Waals surface area contributed by atoms with Gasteiger partial charge in [0.1, 0.15) is 0 Å². The van der Waals surface area contributed by atoms with E-state index in [-0.39, 0.29) is 0 Å². The van der Waals surface area contributed by atoms with Crippen LogP contribution in [0.1, 0.15) is 26.2 Å². The Balaban J connectivity index is 2.49. The normalized spacial score (nSPS) is 22.9. The number of amides is 2. The average molecular weight is 259 g/mol. The third kappa shape index (κ3) is 3.41. The van der Waals surface area contributed by atoms with Gasteiger partial charge in [0.2, 0.25) is 5.91 Å². The topological polar surface area (TPSA) is 88.7 Å². The van der Waals surface area contributed by atoms with Crippen LogP contribution in [0.15, 0.2) is 0 Å². The number of rotatable bonds is 5. The number of likely N-dealkylation sites (N-methyl/N-ethyl adjacent to an activating group) is 2. The van der Waals surface area contributed by atoms with Crippen molar-refractivity contribution in [2.45, 2.75) is 38.0 Å². The summed E-state index contributed by atoms with van der Waals surface area (Å²) < 4.78 is 5.30. The van der Waals surface area contributed by atoms with Crippen LogP contribution in [-0.4, -0.2) is 44.3 Å². The molecule has 0 radical (unpaired) electrons. The first-order chi connectivity index (χ1) is 8.54. The molecule has 1 aliphatic heterocycles. The van der Waals surface area contributed by atoms with Gasteiger partial charge < -0.3 is 10.1 Å². The van der Waals surface area contributed by atoms with Gasteiger partial charge in [-0.25, -0.2) is 10.3 Å². The van der Waals surface area contributed by atoms with Crippen LogP contribution in [0.4, 0.5) is 0 Å². The van der Waals surface area contributed by atoms with Crippen LogP contribution in [0.2, 0.25) is 0 Å². The Hall–Kier alpha value is -1.18. The summed E-state index contributed by atoms with van der Waals surface area (Å²) in [6.45, 7) is 2.10. The Labute approximate surface area is 107 Å². The Morgan fingerprint density at radius 1 is 1.28 bits per heavy atom. The predicted octanol–water partition coefficient (Wildman–Crippen LogP) is -0.715. The molecule has 1 aliphatic rings. The number of carbonyl (C=O) groups excluding carboxylic acids is 2. The van der Waals surface area contributed by atoms with Gasteiger partial charge >= 0.3 is 0 Å². The molecule has 0 aromatic carbocycles. The van der Waals surface area contributed by atoms with E-state index in [0.717, 1.165) is 19.3 Å². The van der Waals surface area contributed by atoms with Crippen LogP contribution in [0.3, 0.4) is 0 Å². The van der Waals surface area contributed by atoms with Crippen LogP contribution in [0.5, 0.6) is 0 Å². The standard InChI is InChI=1S/C11H21N3O4/c1-11(13-3,9(15)12-2)10(16)14-18-8-6-4-5-7-17-8/h8,13H,4-7H2,1-3H3,(H,12,15)(H,14,16)/t8?,11-/m0/s1. The third-order valence-corrected chi connectivity index (χ3v) is 3.06. The summed E-state index contributed by atoms with van der Waals surface area (Å²) in [5.74, 6) is -0.991. The zero-order chi connectivity index (χ0) is 13.6. The molecular formula is C11H21N3O4. The number of hydrogen-bond donors (Lipinski definition) is 3. The van der Waals surface area contributed by atoms with E-state index in [1.807, 2.05) is 0 Å². The van der Waals surface area contributed by atoms with Crippen molar-refractivity contribution in [1.82, 2.24) is 16.1 Å². The zero-order valence-corrected chi connectivity index (χ0v) is 11.0. The summed E-state index contributed by atoms with van der Waals surface area (Å²) in [4.78, 5) is 28.7. The Bertz CT molecular complexity index is 305. The van der Waals surface area contributed by atoms with Crippen LogP contribution in [0.25, 0.3) is 0 Å². The Kier molecular flexibility index (Phi) is 5.52. The van der Waals surface area contributed by atoms with E-state index in [2.05, 4.69) is 16.1 Å². The van der Waals surface area contributed by atoms with Crippen molar-refractivity contribution in [2.24, 2.45) is 0 Å². The van der Waals surface area contributed by atoms with Gasteiger partial charge in [0.05, 0.1) is 0 Å². The second kappa shape index (κ2) is 6.67. The summed E-state index contributed by atoms with van der Waals surface area (Å²) in [7, 11) is 3.00. The minimum atomic E-state index is -1.37. The molecule has 7 nitrogen and oxygen atoms in total. The van der Waals surface area contributed by atoms with Gasteiger partial charge in [0.15, 0.2) is 11.8 Å². The van der Waals surface area contributed by atoms with Gasteiger partial charge in [-0.15, -0.1) is 0 Å². The van der Waals surface area contributed by atoms with Crippen molar-refractivity contribution in [3.05, 3.63) is 0 Å². The van der Waals surface area contributed by atoms with E-state index < -0.39 is 23.6 Å². The van der Waals surface area contributed by atoms with Gasteiger partial charge in [-0.05, 0) is 26.8 Å². The molecule has 18 heavy (non-hydrogen) atoms. The predicted molar refractivity (Wildman–Crippen MR) is 64.4 cm³/mol. The molecule has 1 heterocycles. The summed E-state index contributed by atoms with van der Waals surface area (Å²) >= 11 is 0. The minimum absolute atomic E-state index is 0.435. The van der Waals surface area contributed by atoms with Gasteiger partial charge in [-0.3, -0.25) is 14.9 Å². The molecule has 2 amide bonds. The number of ether oxygens (including phenoxy) is 1. The Morgan fingerprint density at radius 2 is 2.00 bits per heavy atom. The molecule has 2 atom stereocenters. The first-order valence-electron chi connectivity index (χ1n) is 6.03. The fraction of sp³-hybridized carbons (Fsp3) is 0.818. The highest BCUT2D eigenvalue weighted by atomic mass is 16.8. The van der Waals surface area contributed by atoms with Gasteiger partial charge in [0, 0.05) is 20.1 Å². The fourth-order valence-corrected chi connectivity index (χ4v) is 1.61. The summed E-state index contributed by atoms with van der Waals surface area (Å²) in [5, 5.41) is 5.10. The molecule has 1 fully saturated rings. The van der Waals surface area contributed by atoms with Gasteiger partial charge in [-0.1, -0.05) is 0 Å². The minimum Gasteiger partial charge on any atom is -0.357 e. The molecule has 0 aliphatic carbocycles. The maximum atomic E-state index is 11.9. The number of hydrogen-bond acceptors (Lipinski definition) is 5. The lowest BCUT2D eigenvalue weighted by Gasteiger charge is -2.27. The van der Waals surface area contributed by atoms with E-state index in [4.69, 9.17) is 9.57 Å². The zero-order valence-electron chi connectivity index (χ0n) is 11.0. The lowest BCUT2D eigenvalue weighted by Crippen LogP contribution is -2.62. The average Bonchev–Trinajstić information content (AvgIpc) is 2.43. The molecule has 0 spiro atoms. The number of hydroxylamine groups is 1. The molecule has 0 aromatic rings. The molecule has 3 N–H and O–H groups in total. The molecule has 104 valence electrons. The van der Waals surface area contributed by atoms with Crippen molar-refractivity contribution < 1.29 is 19.2 Å². The van der Waals surface area contributed by atoms with Crippen molar-refractivity contribution >= 4 is 11.8 Å². The highest BCUT2D eigenvalue weighted by Crippen LogP contribution is 2.13. The molecule has 1 rings (SSSR count). The molecule has 0 aromatic heterocycles. The van der Waals surface area contributed by atoms with Crippen LogP contribution in [0, 0.1) is 0 Å². The molecular weight excluding hydrogens is 238 g/mol. The first-order valence-corrected chi connectivity index (χ1v) is 6.03. The van der Waals surface area contributed by atoms with Crippen molar-refractivity contribution in [3.8, 4) is 0 Å². The molecule has 1 saturated heterocycles. The summed E-state index contributed by atoms with van der Waals surface area (Å²) in [6, 6.07) is 0. The highest BCUT2D eigenvalue weighted by Gasteiger charge is 2.39. The van der Waals surface area contributed by atoms with Crippen molar-refractivity contribution in [2.75, 3.05) is 20.7 Å². The van der Waals surface area contributed by atoms with Gasteiger partial charge in [0.25, 0.3) is 5.91 Å². The van der Waals surface area contributed by atoms with Crippen LogP contribution < -0.4 is 16.1 Å². The monoisotopic (exact) mass is 259 g/mol. The van der Waals surface area contributed by atoms with Crippen LogP contribution in [-0.2, 0) is 19.2 Å². The number of nitrogens with one attached hydrogen (secondary N) is 3. The maximum absolute atomic E-state index is 11.9. The molecule has 7 heteroatoms. The quantitative estimate of drug-likeness (QED) is 0.448. The van der Waals surface area contributed by atoms with Crippen LogP contribution >= 0.6 is 0 Å². The fourth-order valence-electron chi connectivity index (χ4n) is 1.61. The highest BCUT2D eigenvalue weighted by molar-refractivity contribution is 6.08. The molecule has 0 bridgehead atoms. The van der Waals surface area contributed by atoms with Crippen molar-refractivity contribution in [1.29, 1.82) is 0 Å². The Morgan fingerprint density at radius 3 is 2.50 bits per heavy atom. The van der Waals surface area contributed by atoms with E-state index in [9.17, 15) is 9.59 Å². The largest absolute Gasteiger partial charge is 0.357 e. The third-order valence-electron chi connectivity index (χ3n) is 3.06. The van der Waals surface area contributed by atoms with Crippen molar-refractivity contribution in [3.63, 3.8) is 0 Å².